The highest BCUT2D eigenvalue weighted by Gasteiger charge is 2.20. The van der Waals surface area contributed by atoms with Gasteiger partial charge in [-0.25, -0.2) is 0 Å². The van der Waals surface area contributed by atoms with E-state index in [9.17, 15) is 0 Å². The Balaban J connectivity index is 1.65. The van der Waals surface area contributed by atoms with Crippen molar-refractivity contribution in [3.63, 3.8) is 0 Å². The Labute approximate surface area is 421 Å². The van der Waals surface area contributed by atoms with Crippen LogP contribution >= 0.6 is 0 Å². The fraction of sp³-hybridized carbons (Fsp3) is 0.882. The highest BCUT2D eigenvalue weighted by atomic mass is 16.6. The second kappa shape index (κ2) is 55.1. The third kappa shape index (κ3) is 48.6. The average Bonchev–Trinajstić information content (AvgIpc) is 3.37. The van der Waals surface area contributed by atoms with Crippen LogP contribution < -0.4 is 4.74 Å². The fourth-order valence-electron chi connectivity index (χ4n) is 6.04. The normalized spacial score (nSPS) is 11.9. The van der Waals surface area contributed by atoms with Gasteiger partial charge in [-0.2, -0.15) is 0 Å². The molecule has 0 atom stereocenters. The van der Waals surface area contributed by atoms with E-state index in [0.717, 1.165) is 5.75 Å². The third-order valence-corrected chi connectivity index (χ3v) is 9.98. The van der Waals surface area contributed by atoms with Crippen LogP contribution in [0, 0.1) is 0 Å². The van der Waals surface area contributed by atoms with Gasteiger partial charge in [0.2, 0.25) is 0 Å². The minimum Gasteiger partial charge on any atom is -0.491 e. The second-order valence-corrected chi connectivity index (χ2v) is 16.2. The van der Waals surface area contributed by atoms with Crippen molar-refractivity contribution in [3.05, 3.63) is 29.8 Å². The Kier molecular flexibility index (Phi) is 52.2. The molecule has 1 N–H and O–H groups in total. The zero-order chi connectivity index (χ0) is 50.2. The predicted octanol–water partition coefficient (Wildman–Crippen LogP) is 4.59. The molecule has 0 spiro atoms. The Hall–Kier alpha value is -1.70. The molecule has 1 aromatic rings. The van der Waals surface area contributed by atoms with Crippen LogP contribution in [0.3, 0.4) is 0 Å². The largest absolute Gasteiger partial charge is 0.491 e. The van der Waals surface area contributed by atoms with Gasteiger partial charge in [0.05, 0.1) is 231 Å². The van der Waals surface area contributed by atoms with Crippen molar-refractivity contribution < 1.29 is 90.4 Å². The maximum atomic E-state index is 8.61. The highest BCUT2D eigenvalue weighted by molar-refractivity contribution is 5.31. The summed E-state index contributed by atoms with van der Waals surface area (Å²) in [5.74, 6) is 0.870. The van der Waals surface area contributed by atoms with Gasteiger partial charge >= 0.3 is 0 Å². The van der Waals surface area contributed by atoms with Crippen LogP contribution in [0.5, 0.6) is 5.75 Å². The van der Waals surface area contributed by atoms with Crippen molar-refractivity contribution in [2.45, 2.75) is 58.3 Å². The molecule has 0 aliphatic carbocycles. The third-order valence-electron chi connectivity index (χ3n) is 9.98. The quantitative estimate of drug-likeness (QED) is 0.0893. The summed E-state index contributed by atoms with van der Waals surface area (Å²) in [6.07, 6.45) is 6.37. The molecule has 0 aromatic heterocycles. The lowest BCUT2D eigenvalue weighted by molar-refractivity contribution is -0.0309. The van der Waals surface area contributed by atoms with Crippen LogP contribution in [0.25, 0.3) is 0 Å². The van der Waals surface area contributed by atoms with E-state index in [1.807, 2.05) is 0 Å². The topological polar surface area (TPSA) is 186 Å². The lowest BCUT2D eigenvalue weighted by atomic mass is 9.80. The van der Waals surface area contributed by atoms with Gasteiger partial charge in [0.25, 0.3) is 0 Å². The summed E-state index contributed by atoms with van der Waals surface area (Å²) < 4.78 is 99.1. The Morgan fingerprint density at radius 2 is 0.529 bits per heavy atom. The summed E-state index contributed by atoms with van der Waals surface area (Å²) in [5.41, 5.74) is 1.54. The molecular weight excluding hydrogens is 917 g/mol. The smallest absolute Gasteiger partial charge is 0.119 e. The predicted molar refractivity (Wildman–Crippen MR) is 265 cm³/mol. The van der Waals surface area contributed by atoms with Crippen molar-refractivity contribution >= 4 is 0 Å². The molecular formula is C51H96O19. The summed E-state index contributed by atoms with van der Waals surface area (Å²) in [5, 5.41) is 8.61. The average molecular weight is 1010 g/mol. The maximum Gasteiger partial charge on any atom is 0.119 e. The zero-order valence-electron chi connectivity index (χ0n) is 43.6. The first kappa shape index (κ1) is 66.3. The maximum absolute atomic E-state index is 8.61. The molecule has 19 nitrogen and oxygen atoms in total. The minimum absolute atomic E-state index is 0.0204. The van der Waals surface area contributed by atoms with E-state index in [1.54, 1.807) is 0 Å². The molecule has 19 heteroatoms. The van der Waals surface area contributed by atoms with E-state index in [2.05, 4.69) is 45.0 Å². The van der Waals surface area contributed by atoms with Crippen LogP contribution in [-0.4, -0.2) is 243 Å². The van der Waals surface area contributed by atoms with Crippen molar-refractivity contribution in [2.24, 2.45) is 0 Å². The number of unbranched alkanes of at least 4 members (excludes halogenated alkanes) is 3. The summed E-state index contributed by atoms with van der Waals surface area (Å²) in [4.78, 5) is 0. The summed E-state index contributed by atoms with van der Waals surface area (Å²) in [6.45, 7) is 24.2. The fourth-order valence-corrected chi connectivity index (χ4v) is 6.04. The van der Waals surface area contributed by atoms with Crippen LogP contribution in [0.4, 0.5) is 0 Å². The highest BCUT2D eigenvalue weighted by Crippen LogP contribution is 2.30. The lowest BCUT2D eigenvalue weighted by Crippen LogP contribution is -2.17. The molecule has 1 rings (SSSR count). The minimum atomic E-state index is 0.0204. The van der Waals surface area contributed by atoms with Gasteiger partial charge in [0, 0.05) is 0 Å². The van der Waals surface area contributed by atoms with Crippen LogP contribution in [0.1, 0.15) is 58.4 Å². The van der Waals surface area contributed by atoms with Gasteiger partial charge in [-0.15, -0.1) is 0 Å². The lowest BCUT2D eigenvalue weighted by Gasteiger charge is -2.25. The number of aliphatic hydroxyl groups excluding tert-OH is 1. The molecule has 0 heterocycles. The van der Waals surface area contributed by atoms with Crippen molar-refractivity contribution in [3.8, 4) is 5.75 Å². The van der Waals surface area contributed by atoms with Gasteiger partial charge in [0.1, 0.15) is 12.4 Å². The van der Waals surface area contributed by atoms with Gasteiger partial charge in [-0.3, -0.25) is 0 Å². The van der Waals surface area contributed by atoms with Crippen LogP contribution in [0.2, 0.25) is 0 Å². The van der Waals surface area contributed by atoms with Gasteiger partial charge in [-0.1, -0.05) is 58.6 Å². The molecule has 0 bridgehead atoms. The molecule has 0 saturated carbocycles. The van der Waals surface area contributed by atoms with E-state index in [1.165, 1.54) is 37.7 Å². The van der Waals surface area contributed by atoms with E-state index in [0.29, 0.717) is 231 Å². The van der Waals surface area contributed by atoms with Crippen LogP contribution in [0.15, 0.2) is 24.3 Å². The second-order valence-electron chi connectivity index (χ2n) is 16.2. The number of hydrogen-bond acceptors (Lipinski definition) is 19. The number of hydrogen-bond donors (Lipinski definition) is 1. The molecule has 0 radical (unpaired) electrons. The molecule has 414 valence electrons. The van der Waals surface area contributed by atoms with Gasteiger partial charge in [-0.05, 0) is 29.5 Å². The molecule has 0 aliphatic heterocycles. The zero-order valence-corrected chi connectivity index (χ0v) is 43.6. The summed E-state index contributed by atoms with van der Waals surface area (Å²) in [7, 11) is 0. The van der Waals surface area contributed by atoms with E-state index in [4.69, 9.17) is 90.4 Å². The van der Waals surface area contributed by atoms with E-state index in [-0.39, 0.29) is 12.0 Å². The van der Waals surface area contributed by atoms with Crippen molar-refractivity contribution in [2.75, 3.05) is 238 Å². The Morgan fingerprint density at radius 3 is 0.757 bits per heavy atom. The van der Waals surface area contributed by atoms with Crippen LogP contribution in [-0.2, 0) is 85.9 Å². The monoisotopic (exact) mass is 1010 g/mol. The first-order valence-corrected chi connectivity index (χ1v) is 25.8. The molecule has 1 aromatic carbocycles. The number of rotatable bonds is 60. The van der Waals surface area contributed by atoms with E-state index >= 15 is 0 Å². The molecule has 70 heavy (non-hydrogen) atoms. The summed E-state index contributed by atoms with van der Waals surface area (Å²) in [6, 6.07) is 8.49. The molecule has 0 unspecified atom stereocenters. The standard InChI is InChI=1S/C51H96O19/c1-4-5-6-7-12-51(2,3)49-8-10-50(11-9-49)70-48-47-69-46-45-68-44-43-67-42-41-66-40-39-65-38-37-64-36-35-63-34-33-62-32-31-61-30-29-60-28-27-59-26-25-58-24-23-57-22-21-56-20-19-55-18-17-54-16-15-53-14-13-52/h8-11,52H,4-7,12-48H2,1-3H3. The molecule has 0 aliphatic rings. The van der Waals surface area contributed by atoms with Gasteiger partial charge < -0.3 is 90.4 Å². The van der Waals surface area contributed by atoms with Crippen molar-refractivity contribution in [1.29, 1.82) is 0 Å². The summed E-state index contributed by atoms with van der Waals surface area (Å²) >= 11 is 0. The number of benzene rings is 1. The van der Waals surface area contributed by atoms with Gasteiger partial charge in [0.15, 0.2) is 0 Å². The Bertz CT molecular complexity index is 1140. The molecule has 0 fully saturated rings. The first-order valence-electron chi connectivity index (χ1n) is 25.8. The SMILES string of the molecule is CCCCCCC(C)(C)c1ccc(OCCOCCOCCOCCOCCOCCOCCOCCOCCOCCOCCOCCOCCOCCOCCOCCOCCOCCO)cc1. The van der Waals surface area contributed by atoms with E-state index < -0.39 is 0 Å². The Morgan fingerprint density at radius 1 is 0.300 bits per heavy atom. The molecule has 0 saturated heterocycles. The first-order chi connectivity index (χ1) is 34.6. The number of aliphatic hydroxyl groups is 1. The molecule has 0 amide bonds. The van der Waals surface area contributed by atoms with Crippen molar-refractivity contribution in [1.82, 2.24) is 0 Å². The number of ether oxygens (including phenoxy) is 18.